The molecule has 0 atom stereocenters. The zero-order valence-corrected chi connectivity index (χ0v) is 7.70. The fourth-order valence-electron chi connectivity index (χ4n) is 1.82. The van der Waals surface area contributed by atoms with E-state index in [0.717, 1.165) is 22.2 Å². The number of hydrogen-bond acceptors (Lipinski definition) is 3. The summed E-state index contributed by atoms with van der Waals surface area (Å²) in [7, 11) is 0. The third-order valence-corrected chi connectivity index (χ3v) is 2.54. The second kappa shape index (κ2) is 2.55. The molecule has 0 saturated carbocycles. The van der Waals surface area contributed by atoms with Crippen LogP contribution in [0.1, 0.15) is 5.56 Å². The minimum atomic E-state index is 0.193. The molecule has 4 heteroatoms. The van der Waals surface area contributed by atoms with Gasteiger partial charge < -0.3 is 4.98 Å². The van der Waals surface area contributed by atoms with Crippen molar-refractivity contribution in [2.75, 3.05) is 0 Å². The molecule has 0 radical (unpaired) electrons. The SMILES string of the molecule is N#CC1=Nc2c(ccc3[nH]ccc23)C1=N. The Morgan fingerprint density at radius 2 is 2.20 bits per heavy atom. The van der Waals surface area contributed by atoms with Crippen LogP contribution in [-0.2, 0) is 0 Å². The maximum atomic E-state index is 8.80. The molecule has 1 aromatic heterocycles. The van der Waals surface area contributed by atoms with Crippen molar-refractivity contribution in [3.63, 3.8) is 0 Å². The molecule has 4 nitrogen and oxygen atoms in total. The van der Waals surface area contributed by atoms with E-state index in [0.29, 0.717) is 0 Å². The minimum Gasteiger partial charge on any atom is -0.361 e. The molecule has 2 N–H and O–H groups in total. The normalized spacial score (nSPS) is 13.8. The van der Waals surface area contributed by atoms with Crippen molar-refractivity contribution in [1.82, 2.24) is 4.98 Å². The number of hydrogen-bond donors (Lipinski definition) is 2. The molecule has 0 aliphatic carbocycles. The van der Waals surface area contributed by atoms with Gasteiger partial charge in [-0.25, -0.2) is 4.99 Å². The van der Waals surface area contributed by atoms with Gasteiger partial charge in [-0.2, -0.15) is 5.26 Å². The van der Waals surface area contributed by atoms with Gasteiger partial charge in [0.15, 0.2) is 5.71 Å². The first-order valence-corrected chi connectivity index (χ1v) is 4.49. The number of nitriles is 1. The summed E-state index contributed by atoms with van der Waals surface area (Å²) < 4.78 is 0. The van der Waals surface area contributed by atoms with E-state index in [2.05, 4.69) is 9.98 Å². The molecule has 15 heavy (non-hydrogen) atoms. The molecule has 1 aliphatic heterocycles. The number of H-pyrrole nitrogens is 1. The molecule has 0 bridgehead atoms. The summed E-state index contributed by atoms with van der Waals surface area (Å²) >= 11 is 0. The molecule has 1 aromatic carbocycles. The molecule has 0 saturated heterocycles. The van der Waals surface area contributed by atoms with Gasteiger partial charge in [0.2, 0.25) is 0 Å². The highest BCUT2D eigenvalue weighted by molar-refractivity contribution is 6.56. The van der Waals surface area contributed by atoms with Gasteiger partial charge in [-0.15, -0.1) is 0 Å². The summed E-state index contributed by atoms with van der Waals surface area (Å²) in [5, 5.41) is 17.5. The van der Waals surface area contributed by atoms with E-state index in [-0.39, 0.29) is 11.4 Å². The second-order valence-corrected chi connectivity index (χ2v) is 3.35. The van der Waals surface area contributed by atoms with E-state index in [9.17, 15) is 0 Å². The Balaban J connectivity index is 2.43. The second-order valence-electron chi connectivity index (χ2n) is 3.35. The summed E-state index contributed by atoms with van der Waals surface area (Å²) in [6.07, 6.45) is 1.83. The van der Waals surface area contributed by atoms with E-state index < -0.39 is 0 Å². The summed E-state index contributed by atoms with van der Waals surface area (Å²) in [6, 6.07) is 7.57. The van der Waals surface area contributed by atoms with E-state index >= 15 is 0 Å². The first-order chi connectivity index (χ1) is 7.31. The molecule has 0 amide bonds. The van der Waals surface area contributed by atoms with Gasteiger partial charge in [0.25, 0.3) is 0 Å². The Kier molecular flexibility index (Phi) is 1.35. The zero-order chi connectivity index (χ0) is 10.4. The largest absolute Gasteiger partial charge is 0.361 e. The molecule has 0 unspecified atom stereocenters. The average molecular weight is 194 g/mol. The maximum Gasteiger partial charge on any atom is 0.166 e. The topological polar surface area (TPSA) is 75.8 Å². The molecule has 1 aliphatic rings. The summed E-state index contributed by atoms with van der Waals surface area (Å²) in [5.41, 5.74) is 2.85. The number of nitrogens with zero attached hydrogens (tertiary/aromatic N) is 2. The average Bonchev–Trinajstić information content (AvgIpc) is 2.82. The van der Waals surface area contributed by atoms with Gasteiger partial charge in [-0.3, -0.25) is 5.41 Å². The molecule has 2 heterocycles. The molecule has 0 fully saturated rings. The number of fused-ring (bicyclic) bond motifs is 3. The van der Waals surface area contributed by atoms with Crippen LogP contribution in [0.15, 0.2) is 29.4 Å². The fraction of sp³-hybridized carbons (Fsp3) is 0. The van der Waals surface area contributed by atoms with E-state index in [1.54, 1.807) is 0 Å². The van der Waals surface area contributed by atoms with Crippen molar-refractivity contribution >= 4 is 28.0 Å². The number of aromatic nitrogens is 1. The van der Waals surface area contributed by atoms with Gasteiger partial charge in [-0.05, 0) is 18.2 Å². The number of aliphatic imine (C=N–C) groups is 1. The number of rotatable bonds is 0. The van der Waals surface area contributed by atoms with Gasteiger partial charge in [-0.1, -0.05) is 0 Å². The zero-order valence-electron chi connectivity index (χ0n) is 7.70. The Labute approximate surface area is 85.4 Å². The fourth-order valence-corrected chi connectivity index (χ4v) is 1.82. The van der Waals surface area contributed by atoms with Crippen LogP contribution in [0.4, 0.5) is 5.69 Å². The van der Waals surface area contributed by atoms with Crippen molar-refractivity contribution < 1.29 is 0 Å². The monoisotopic (exact) mass is 194 g/mol. The maximum absolute atomic E-state index is 8.80. The van der Waals surface area contributed by atoms with E-state index in [4.69, 9.17) is 10.7 Å². The lowest BCUT2D eigenvalue weighted by atomic mass is 10.1. The molecule has 2 aromatic rings. The quantitative estimate of drug-likeness (QED) is 0.662. The third kappa shape index (κ3) is 0.891. The van der Waals surface area contributed by atoms with E-state index in [1.165, 1.54) is 0 Å². The summed E-state index contributed by atoms with van der Waals surface area (Å²) in [6.45, 7) is 0. The lowest BCUT2D eigenvalue weighted by Gasteiger charge is -1.97. The minimum absolute atomic E-state index is 0.193. The van der Waals surface area contributed by atoms with Crippen molar-refractivity contribution in [2.45, 2.75) is 0 Å². The van der Waals surface area contributed by atoms with Crippen LogP contribution >= 0.6 is 0 Å². The van der Waals surface area contributed by atoms with Crippen LogP contribution in [0.5, 0.6) is 0 Å². The Morgan fingerprint density at radius 1 is 1.33 bits per heavy atom. The van der Waals surface area contributed by atoms with Crippen molar-refractivity contribution in [3.05, 3.63) is 30.0 Å². The van der Waals surface area contributed by atoms with Crippen LogP contribution in [0.25, 0.3) is 10.9 Å². The number of benzene rings is 1. The van der Waals surface area contributed by atoms with Crippen LogP contribution in [0.2, 0.25) is 0 Å². The predicted octanol–water partition coefficient (Wildman–Crippen LogP) is 2.15. The Bertz CT molecular complexity index is 655. The van der Waals surface area contributed by atoms with Crippen LogP contribution < -0.4 is 0 Å². The lowest BCUT2D eigenvalue weighted by Crippen LogP contribution is -2.05. The van der Waals surface area contributed by atoms with Crippen LogP contribution in [-0.4, -0.2) is 16.4 Å². The van der Waals surface area contributed by atoms with Gasteiger partial charge in [0, 0.05) is 22.7 Å². The van der Waals surface area contributed by atoms with E-state index in [1.807, 2.05) is 30.5 Å². The van der Waals surface area contributed by atoms with Crippen molar-refractivity contribution in [2.24, 2.45) is 4.99 Å². The Morgan fingerprint density at radius 3 is 3.00 bits per heavy atom. The first kappa shape index (κ1) is 7.94. The van der Waals surface area contributed by atoms with Gasteiger partial charge in [0.05, 0.1) is 11.4 Å². The molecule has 3 rings (SSSR count). The molecule has 70 valence electrons. The number of nitrogens with one attached hydrogen (secondary N) is 2. The summed E-state index contributed by atoms with van der Waals surface area (Å²) in [5.74, 6) is 0. The summed E-state index contributed by atoms with van der Waals surface area (Å²) in [4.78, 5) is 7.24. The highest BCUT2D eigenvalue weighted by Gasteiger charge is 2.22. The lowest BCUT2D eigenvalue weighted by molar-refractivity contribution is 1.47. The first-order valence-electron chi connectivity index (χ1n) is 4.49. The standard InChI is InChI=1S/C11H6N4/c12-5-9-10(13)7-1-2-8-6(3-4-14-8)11(7)15-9/h1-4,13-14H. The van der Waals surface area contributed by atoms with Gasteiger partial charge in [0.1, 0.15) is 6.07 Å². The third-order valence-electron chi connectivity index (χ3n) is 2.54. The predicted molar refractivity (Wildman–Crippen MR) is 57.8 cm³/mol. The van der Waals surface area contributed by atoms with Gasteiger partial charge >= 0.3 is 0 Å². The highest BCUT2D eigenvalue weighted by Crippen LogP contribution is 2.34. The highest BCUT2D eigenvalue weighted by atomic mass is 14.8. The molecule has 0 spiro atoms. The molecular formula is C11H6N4. The Hall–Kier alpha value is -2.41. The molecular weight excluding hydrogens is 188 g/mol. The van der Waals surface area contributed by atoms with Crippen LogP contribution in [0, 0.1) is 16.7 Å². The van der Waals surface area contributed by atoms with Crippen molar-refractivity contribution in [3.8, 4) is 6.07 Å². The van der Waals surface area contributed by atoms with Crippen molar-refractivity contribution in [1.29, 1.82) is 10.7 Å². The van der Waals surface area contributed by atoms with Crippen LogP contribution in [0.3, 0.4) is 0 Å². The smallest absolute Gasteiger partial charge is 0.166 e. The number of aromatic amines is 1.